The van der Waals surface area contributed by atoms with Crippen molar-refractivity contribution < 1.29 is 9.59 Å². The lowest BCUT2D eigenvalue weighted by Crippen LogP contribution is -2.27. The van der Waals surface area contributed by atoms with Crippen molar-refractivity contribution in [3.63, 3.8) is 0 Å². The summed E-state index contributed by atoms with van der Waals surface area (Å²) in [6.07, 6.45) is 0. The standard InChI is InChI=1S/C20H26N4O2S2/c1-21-17-9-5-3-7-15(17)19(25)23-11-13-27-28-14-12-24-20(26)16-8-4-6-10-18(16)22-2/h3-10,21-22H,11-14H2,1-2H3,(H,23,25)(H,24,26). The molecule has 150 valence electrons. The highest BCUT2D eigenvalue weighted by molar-refractivity contribution is 8.76. The molecule has 6 nitrogen and oxygen atoms in total. The van der Waals surface area contributed by atoms with E-state index in [0.717, 1.165) is 22.9 Å². The van der Waals surface area contributed by atoms with Crippen LogP contribution in [0, 0.1) is 0 Å². The summed E-state index contributed by atoms with van der Waals surface area (Å²) >= 11 is 0. The number of carbonyl (C=O) groups is 2. The normalized spacial score (nSPS) is 10.2. The van der Waals surface area contributed by atoms with Crippen LogP contribution in [0.4, 0.5) is 11.4 Å². The van der Waals surface area contributed by atoms with Gasteiger partial charge in [0.05, 0.1) is 11.1 Å². The van der Waals surface area contributed by atoms with E-state index in [1.54, 1.807) is 47.8 Å². The van der Waals surface area contributed by atoms with Crippen LogP contribution >= 0.6 is 21.6 Å². The molecule has 0 aromatic heterocycles. The van der Waals surface area contributed by atoms with Crippen LogP contribution < -0.4 is 21.3 Å². The zero-order chi connectivity index (χ0) is 20.2. The minimum Gasteiger partial charge on any atom is -0.387 e. The molecular weight excluding hydrogens is 392 g/mol. The molecule has 0 heterocycles. The van der Waals surface area contributed by atoms with Gasteiger partial charge in [-0.15, -0.1) is 0 Å². The second kappa shape index (κ2) is 12.2. The number of hydrogen-bond acceptors (Lipinski definition) is 6. The average Bonchev–Trinajstić information content (AvgIpc) is 2.75. The van der Waals surface area contributed by atoms with E-state index in [4.69, 9.17) is 0 Å². The SMILES string of the molecule is CNc1ccccc1C(=O)NCCSSCCNC(=O)c1ccccc1NC. The van der Waals surface area contributed by atoms with Crippen LogP contribution in [0.3, 0.4) is 0 Å². The molecule has 2 amide bonds. The number of carbonyl (C=O) groups excluding carboxylic acids is 2. The number of rotatable bonds is 11. The van der Waals surface area contributed by atoms with Crippen LogP contribution in [0.2, 0.25) is 0 Å². The van der Waals surface area contributed by atoms with Gasteiger partial charge in [-0.25, -0.2) is 0 Å². The van der Waals surface area contributed by atoms with Gasteiger partial charge in [-0.3, -0.25) is 9.59 Å². The summed E-state index contributed by atoms with van der Waals surface area (Å²) in [6.45, 7) is 1.19. The van der Waals surface area contributed by atoms with Crippen molar-refractivity contribution in [1.82, 2.24) is 10.6 Å². The zero-order valence-electron chi connectivity index (χ0n) is 16.1. The van der Waals surface area contributed by atoms with E-state index in [9.17, 15) is 9.59 Å². The molecule has 0 unspecified atom stereocenters. The van der Waals surface area contributed by atoms with Gasteiger partial charge in [-0.05, 0) is 24.3 Å². The molecule has 0 aliphatic heterocycles. The molecule has 0 spiro atoms. The van der Waals surface area contributed by atoms with Gasteiger partial charge in [-0.2, -0.15) is 0 Å². The fourth-order valence-electron chi connectivity index (χ4n) is 2.52. The van der Waals surface area contributed by atoms with E-state index in [-0.39, 0.29) is 11.8 Å². The third-order valence-electron chi connectivity index (χ3n) is 3.91. The van der Waals surface area contributed by atoms with Crippen molar-refractivity contribution in [3.8, 4) is 0 Å². The maximum absolute atomic E-state index is 12.2. The van der Waals surface area contributed by atoms with E-state index in [0.29, 0.717) is 24.2 Å². The first-order valence-corrected chi connectivity index (χ1v) is 11.5. The second-order valence-electron chi connectivity index (χ2n) is 5.75. The van der Waals surface area contributed by atoms with Crippen molar-refractivity contribution in [2.75, 3.05) is 49.3 Å². The highest BCUT2D eigenvalue weighted by Gasteiger charge is 2.10. The number of nitrogens with one attached hydrogen (secondary N) is 4. The largest absolute Gasteiger partial charge is 0.387 e. The molecule has 0 aliphatic carbocycles. The number of anilines is 2. The Balaban J connectivity index is 1.58. The maximum atomic E-state index is 12.2. The molecule has 2 aromatic rings. The van der Waals surface area contributed by atoms with Crippen LogP contribution in [0.15, 0.2) is 48.5 Å². The van der Waals surface area contributed by atoms with Crippen molar-refractivity contribution in [2.24, 2.45) is 0 Å². The summed E-state index contributed by atoms with van der Waals surface area (Å²) in [5, 5.41) is 11.9. The van der Waals surface area contributed by atoms with Gasteiger partial charge in [-0.1, -0.05) is 45.9 Å². The summed E-state index contributed by atoms with van der Waals surface area (Å²) in [7, 11) is 6.96. The Hall–Kier alpha value is -2.32. The van der Waals surface area contributed by atoms with Gasteiger partial charge < -0.3 is 21.3 Å². The summed E-state index contributed by atoms with van der Waals surface area (Å²) < 4.78 is 0. The lowest BCUT2D eigenvalue weighted by molar-refractivity contribution is 0.0948. The predicted octanol–water partition coefficient (Wildman–Crippen LogP) is 3.31. The molecular formula is C20H26N4O2S2. The average molecular weight is 419 g/mol. The van der Waals surface area contributed by atoms with Gasteiger partial charge in [0.2, 0.25) is 0 Å². The first-order valence-electron chi connectivity index (χ1n) is 9.01. The molecule has 4 N–H and O–H groups in total. The smallest absolute Gasteiger partial charge is 0.253 e. The van der Waals surface area contributed by atoms with E-state index >= 15 is 0 Å². The Kier molecular flexibility index (Phi) is 9.57. The van der Waals surface area contributed by atoms with E-state index < -0.39 is 0 Å². The predicted molar refractivity (Wildman–Crippen MR) is 122 cm³/mol. The minimum absolute atomic E-state index is 0.0778. The minimum atomic E-state index is -0.0778. The number of benzene rings is 2. The van der Waals surface area contributed by atoms with Crippen molar-refractivity contribution in [3.05, 3.63) is 59.7 Å². The molecule has 2 aromatic carbocycles. The number of hydrogen-bond donors (Lipinski definition) is 4. The highest BCUT2D eigenvalue weighted by atomic mass is 33.1. The Morgan fingerprint density at radius 1 is 0.714 bits per heavy atom. The van der Waals surface area contributed by atoms with Crippen LogP contribution in [-0.4, -0.2) is 50.5 Å². The van der Waals surface area contributed by atoms with Gasteiger partial charge in [0.1, 0.15) is 0 Å². The fraction of sp³-hybridized carbons (Fsp3) is 0.300. The quantitative estimate of drug-likeness (QED) is 0.331. The number of amides is 2. The van der Waals surface area contributed by atoms with E-state index in [1.807, 2.05) is 36.4 Å². The van der Waals surface area contributed by atoms with E-state index in [1.165, 1.54) is 0 Å². The number of para-hydroxylation sites is 2. The summed E-state index contributed by atoms with van der Waals surface area (Å²) in [5.74, 6) is 1.44. The van der Waals surface area contributed by atoms with Crippen LogP contribution in [-0.2, 0) is 0 Å². The maximum Gasteiger partial charge on any atom is 0.253 e. The molecule has 0 aliphatic rings. The van der Waals surface area contributed by atoms with E-state index in [2.05, 4.69) is 21.3 Å². The summed E-state index contributed by atoms with van der Waals surface area (Å²) in [6, 6.07) is 14.9. The molecule has 8 heteroatoms. The van der Waals surface area contributed by atoms with Gasteiger partial charge in [0.25, 0.3) is 11.8 Å². The molecule has 0 saturated heterocycles. The molecule has 0 saturated carbocycles. The van der Waals surface area contributed by atoms with Crippen molar-refractivity contribution in [2.45, 2.75) is 0 Å². The molecule has 0 bridgehead atoms. The van der Waals surface area contributed by atoms with Crippen LogP contribution in [0.1, 0.15) is 20.7 Å². The second-order valence-corrected chi connectivity index (χ2v) is 8.45. The first-order chi connectivity index (χ1) is 13.7. The molecule has 0 fully saturated rings. The topological polar surface area (TPSA) is 82.3 Å². The fourth-order valence-corrected chi connectivity index (χ4v) is 4.33. The zero-order valence-corrected chi connectivity index (χ0v) is 17.7. The molecule has 28 heavy (non-hydrogen) atoms. The van der Waals surface area contributed by atoms with Gasteiger partial charge >= 0.3 is 0 Å². The monoisotopic (exact) mass is 418 g/mol. The van der Waals surface area contributed by atoms with Crippen LogP contribution in [0.25, 0.3) is 0 Å². The lowest BCUT2D eigenvalue weighted by Gasteiger charge is -2.10. The third-order valence-corrected chi connectivity index (χ3v) is 6.32. The first kappa shape index (κ1) is 22.0. The Bertz CT molecular complexity index is 721. The Labute approximate surface area is 174 Å². The molecule has 2 rings (SSSR count). The van der Waals surface area contributed by atoms with Crippen molar-refractivity contribution in [1.29, 1.82) is 0 Å². The Morgan fingerprint density at radius 2 is 1.11 bits per heavy atom. The third kappa shape index (κ3) is 6.69. The highest BCUT2D eigenvalue weighted by Crippen LogP contribution is 2.20. The molecule has 0 radical (unpaired) electrons. The van der Waals surface area contributed by atoms with Crippen molar-refractivity contribution >= 4 is 44.8 Å². The van der Waals surface area contributed by atoms with Gasteiger partial charge in [0, 0.05) is 50.1 Å². The Morgan fingerprint density at radius 3 is 1.50 bits per heavy atom. The van der Waals surface area contributed by atoms with Crippen LogP contribution in [0.5, 0.6) is 0 Å². The lowest BCUT2D eigenvalue weighted by atomic mass is 10.1. The van der Waals surface area contributed by atoms with Gasteiger partial charge in [0.15, 0.2) is 0 Å². The summed E-state index contributed by atoms with van der Waals surface area (Å²) in [4.78, 5) is 24.4. The molecule has 0 atom stereocenters. The summed E-state index contributed by atoms with van der Waals surface area (Å²) in [5.41, 5.74) is 2.93.